The van der Waals surface area contributed by atoms with Crippen molar-refractivity contribution >= 4 is 11.8 Å². The summed E-state index contributed by atoms with van der Waals surface area (Å²) < 4.78 is 5.45. The Labute approximate surface area is 150 Å². The molecule has 3 unspecified atom stereocenters. The molecule has 4 heteroatoms. The van der Waals surface area contributed by atoms with Crippen molar-refractivity contribution in [3.05, 3.63) is 11.6 Å². The molecule has 0 spiro atoms. The molecular weight excluding hydrogens is 316 g/mol. The predicted octanol–water partition coefficient (Wildman–Crippen LogP) is 3.42. The number of rotatable bonds is 1. The van der Waals surface area contributed by atoms with Crippen LogP contribution < -0.4 is 0 Å². The molecule has 0 aromatic heterocycles. The number of hydrogen-bond acceptors (Lipinski definition) is 4. The fourth-order valence-electron chi connectivity index (χ4n) is 6.72. The van der Waals surface area contributed by atoms with Crippen LogP contribution in [-0.4, -0.2) is 29.1 Å². The van der Waals surface area contributed by atoms with Crippen LogP contribution in [0.1, 0.15) is 65.7 Å². The quantitative estimate of drug-likeness (QED) is 0.584. The third-order valence-corrected chi connectivity index (χ3v) is 8.13. The zero-order valence-corrected chi connectivity index (χ0v) is 15.6. The first-order chi connectivity index (χ1) is 11.8. The summed E-state index contributed by atoms with van der Waals surface area (Å²) in [5, 5.41) is 11.0. The maximum Gasteiger partial charge on any atom is 0.302 e. The second kappa shape index (κ2) is 5.67. The lowest BCUT2D eigenvalue weighted by Crippen LogP contribution is -2.54. The molecule has 0 radical (unpaired) electrons. The fourth-order valence-corrected chi connectivity index (χ4v) is 6.72. The van der Waals surface area contributed by atoms with Crippen LogP contribution in [0.25, 0.3) is 0 Å². The number of aliphatic hydroxyl groups is 1. The molecule has 0 amide bonds. The van der Waals surface area contributed by atoms with E-state index in [9.17, 15) is 14.7 Å². The molecule has 3 fully saturated rings. The SMILES string of the molecule is CC(=O)O[C@H]1CC[C@@]2(C)C(=C[C@@H](O)C3C2CC[C@]2(C)C(=O)CCC32)C1. The number of aliphatic hydroxyl groups excluding tert-OH is 1. The van der Waals surface area contributed by atoms with Gasteiger partial charge >= 0.3 is 5.97 Å². The monoisotopic (exact) mass is 346 g/mol. The first-order valence-corrected chi connectivity index (χ1v) is 9.85. The highest BCUT2D eigenvalue weighted by Crippen LogP contribution is 2.64. The summed E-state index contributed by atoms with van der Waals surface area (Å²) in [7, 11) is 0. The van der Waals surface area contributed by atoms with Crippen LogP contribution in [-0.2, 0) is 14.3 Å². The minimum absolute atomic E-state index is 0.0533. The minimum atomic E-state index is -0.473. The van der Waals surface area contributed by atoms with Gasteiger partial charge in [-0.1, -0.05) is 25.5 Å². The first-order valence-electron chi connectivity index (χ1n) is 9.85. The molecule has 0 heterocycles. The van der Waals surface area contributed by atoms with Gasteiger partial charge in [0.15, 0.2) is 0 Å². The standard InChI is InChI=1S/C21H30O4/c1-12(22)25-14-6-8-20(2)13(10-14)11-17(23)19-15-4-5-18(24)21(15,3)9-7-16(19)20/h11,14-17,19,23H,4-10H2,1-3H3/t14-,15?,16?,17+,19?,20-,21-/m0/s1. The Balaban J connectivity index is 1.65. The van der Waals surface area contributed by atoms with Crippen LogP contribution >= 0.6 is 0 Å². The van der Waals surface area contributed by atoms with Gasteiger partial charge in [-0.25, -0.2) is 0 Å². The van der Waals surface area contributed by atoms with E-state index in [1.165, 1.54) is 12.5 Å². The van der Waals surface area contributed by atoms with Crippen molar-refractivity contribution in [1.82, 2.24) is 0 Å². The summed E-state index contributed by atoms with van der Waals surface area (Å²) in [6, 6.07) is 0. The molecule has 3 saturated carbocycles. The highest BCUT2D eigenvalue weighted by atomic mass is 16.5. The van der Waals surface area contributed by atoms with E-state index in [1.54, 1.807) is 0 Å². The smallest absolute Gasteiger partial charge is 0.302 e. The van der Waals surface area contributed by atoms with Gasteiger partial charge in [0, 0.05) is 25.2 Å². The summed E-state index contributed by atoms with van der Waals surface area (Å²) in [4.78, 5) is 23.8. The molecule has 138 valence electrons. The van der Waals surface area contributed by atoms with E-state index in [4.69, 9.17) is 4.74 Å². The largest absolute Gasteiger partial charge is 0.462 e. The molecule has 4 aliphatic carbocycles. The topological polar surface area (TPSA) is 63.6 Å². The summed E-state index contributed by atoms with van der Waals surface area (Å²) in [5.41, 5.74) is 1.12. The Morgan fingerprint density at radius 3 is 2.56 bits per heavy atom. The lowest BCUT2D eigenvalue weighted by Gasteiger charge is -2.58. The van der Waals surface area contributed by atoms with Crippen LogP contribution in [0.5, 0.6) is 0 Å². The van der Waals surface area contributed by atoms with Gasteiger partial charge in [-0.3, -0.25) is 9.59 Å². The normalized spacial score (nSPS) is 48.9. The molecule has 0 aromatic carbocycles. The van der Waals surface area contributed by atoms with E-state index in [0.29, 0.717) is 24.0 Å². The van der Waals surface area contributed by atoms with E-state index in [-0.39, 0.29) is 28.8 Å². The van der Waals surface area contributed by atoms with Crippen molar-refractivity contribution in [2.45, 2.75) is 77.9 Å². The number of Topliss-reactive ketones (excluding diaryl/α,β-unsaturated/α-hetero) is 1. The Bertz CT molecular complexity index is 638. The zero-order chi connectivity index (χ0) is 18.0. The number of carbonyl (C=O) groups is 2. The van der Waals surface area contributed by atoms with Gasteiger partial charge in [0.1, 0.15) is 11.9 Å². The van der Waals surface area contributed by atoms with E-state index >= 15 is 0 Å². The predicted molar refractivity (Wildman–Crippen MR) is 93.7 cm³/mol. The van der Waals surface area contributed by atoms with Crippen LogP contribution in [0.4, 0.5) is 0 Å². The molecule has 4 nitrogen and oxygen atoms in total. The van der Waals surface area contributed by atoms with Gasteiger partial charge in [0.25, 0.3) is 0 Å². The van der Waals surface area contributed by atoms with Crippen molar-refractivity contribution in [3.8, 4) is 0 Å². The Hall–Kier alpha value is -1.16. The Morgan fingerprint density at radius 1 is 1.16 bits per heavy atom. The summed E-state index contributed by atoms with van der Waals surface area (Å²) >= 11 is 0. The number of fused-ring (bicyclic) bond motifs is 5. The molecule has 0 aromatic rings. The number of ketones is 1. The number of ether oxygens (including phenoxy) is 1. The lowest BCUT2D eigenvalue weighted by atomic mass is 9.47. The molecule has 7 atom stereocenters. The van der Waals surface area contributed by atoms with E-state index in [1.807, 2.05) is 6.08 Å². The second-order valence-electron chi connectivity index (χ2n) is 9.28. The van der Waals surface area contributed by atoms with E-state index < -0.39 is 6.10 Å². The highest BCUT2D eigenvalue weighted by molar-refractivity contribution is 5.87. The van der Waals surface area contributed by atoms with E-state index in [2.05, 4.69) is 13.8 Å². The third kappa shape index (κ3) is 2.43. The van der Waals surface area contributed by atoms with Gasteiger partial charge in [-0.15, -0.1) is 0 Å². The van der Waals surface area contributed by atoms with E-state index in [0.717, 1.165) is 38.5 Å². The lowest BCUT2D eigenvalue weighted by molar-refractivity contribution is -0.149. The number of carbonyl (C=O) groups excluding carboxylic acids is 2. The van der Waals surface area contributed by atoms with Crippen molar-refractivity contribution in [2.75, 3.05) is 0 Å². The Morgan fingerprint density at radius 2 is 1.84 bits per heavy atom. The minimum Gasteiger partial charge on any atom is -0.462 e. The summed E-state index contributed by atoms with van der Waals surface area (Å²) in [6.07, 6.45) is 7.76. The average Bonchev–Trinajstić information content (AvgIpc) is 2.84. The molecule has 0 aliphatic heterocycles. The van der Waals surface area contributed by atoms with Crippen LogP contribution in [0.3, 0.4) is 0 Å². The van der Waals surface area contributed by atoms with Crippen LogP contribution in [0.15, 0.2) is 11.6 Å². The summed E-state index contributed by atoms with van der Waals surface area (Å²) in [5.74, 6) is 1.13. The molecule has 4 rings (SSSR count). The molecule has 4 aliphatic rings. The fraction of sp³-hybridized carbons (Fsp3) is 0.810. The molecule has 1 N–H and O–H groups in total. The van der Waals surface area contributed by atoms with Crippen LogP contribution in [0.2, 0.25) is 0 Å². The molecular formula is C21H30O4. The van der Waals surface area contributed by atoms with Crippen molar-refractivity contribution in [2.24, 2.45) is 28.6 Å². The van der Waals surface area contributed by atoms with Crippen molar-refractivity contribution in [3.63, 3.8) is 0 Å². The Kier molecular flexibility index (Phi) is 3.91. The molecule has 0 saturated heterocycles. The van der Waals surface area contributed by atoms with Crippen molar-refractivity contribution < 1.29 is 19.4 Å². The van der Waals surface area contributed by atoms with Crippen LogP contribution in [0, 0.1) is 28.6 Å². The van der Waals surface area contributed by atoms with Gasteiger partial charge in [0.05, 0.1) is 6.10 Å². The van der Waals surface area contributed by atoms with Crippen molar-refractivity contribution in [1.29, 1.82) is 0 Å². The number of hydrogen-bond donors (Lipinski definition) is 1. The number of esters is 1. The maximum absolute atomic E-state index is 12.5. The molecule has 0 bridgehead atoms. The first kappa shape index (κ1) is 17.3. The second-order valence-corrected chi connectivity index (χ2v) is 9.28. The van der Waals surface area contributed by atoms with Gasteiger partial charge < -0.3 is 9.84 Å². The van der Waals surface area contributed by atoms with Gasteiger partial charge in [-0.05, 0) is 55.3 Å². The van der Waals surface area contributed by atoms with Gasteiger partial charge in [0.2, 0.25) is 0 Å². The highest BCUT2D eigenvalue weighted by Gasteiger charge is 2.60. The maximum atomic E-state index is 12.5. The third-order valence-electron chi connectivity index (χ3n) is 8.13. The average molecular weight is 346 g/mol. The van der Waals surface area contributed by atoms with Gasteiger partial charge in [-0.2, -0.15) is 0 Å². The zero-order valence-electron chi connectivity index (χ0n) is 15.6. The molecule has 25 heavy (non-hydrogen) atoms. The summed E-state index contributed by atoms with van der Waals surface area (Å²) in [6.45, 7) is 5.94.